The van der Waals surface area contributed by atoms with Crippen molar-refractivity contribution in [3.05, 3.63) is 29.8 Å². The Hall–Kier alpha value is -1.04. The number of rotatable bonds is 4. The van der Waals surface area contributed by atoms with E-state index < -0.39 is 6.10 Å². The number of halogens is 1. The van der Waals surface area contributed by atoms with Crippen LogP contribution < -0.4 is 0 Å². The molecule has 3 atom stereocenters. The maximum atomic E-state index is 12.8. The first-order valence-electron chi connectivity index (χ1n) is 7.39. The number of nitrogens with zero attached hydrogens (tertiary/aromatic N) is 2. The van der Waals surface area contributed by atoms with Crippen LogP contribution in [-0.4, -0.2) is 46.8 Å². The van der Waals surface area contributed by atoms with E-state index in [0.29, 0.717) is 24.3 Å². The highest BCUT2D eigenvalue weighted by atomic mass is 19.1. The molecule has 0 aromatic carbocycles. The summed E-state index contributed by atoms with van der Waals surface area (Å²) in [4.78, 5) is 6.36. The van der Waals surface area contributed by atoms with Crippen molar-refractivity contribution in [3.63, 3.8) is 0 Å². The number of hydrogen-bond acceptors (Lipinski definition) is 4. The molecule has 1 aliphatic heterocycles. The van der Waals surface area contributed by atoms with Crippen molar-refractivity contribution in [1.82, 2.24) is 9.88 Å². The van der Waals surface area contributed by atoms with Gasteiger partial charge in [-0.3, -0.25) is 9.88 Å². The lowest BCUT2D eigenvalue weighted by molar-refractivity contribution is -0.0588. The Bertz CT molecular complexity index is 440. The number of fused-ring (bicyclic) bond motifs is 1. The van der Waals surface area contributed by atoms with E-state index in [1.54, 1.807) is 6.07 Å². The van der Waals surface area contributed by atoms with Crippen LogP contribution in [0.4, 0.5) is 4.39 Å². The lowest BCUT2D eigenvalue weighted by atomic mass is 10.1. The summed E-state index contributed by atoms with van der Waals surface area (Å²) in [6.45, 7) is 2.56. The molecule has 1 saturated heterocycles. The van der Waals surface area contributed by atoms with Gasteiger partial charge in [-0.15, -0.1) is 0 Å². The molecule has 3 unspecified atom stereocenters. The van der Waals surface area contributed by atoms with Gasteiger partial charge in [-0.2, -0.15) is 0 Å². The quantitative estimate of drug-likeness (QED) is 0.915. The molecule has 1 aromatic heterocycles. The van der Waals surface area contributed by atoms with E-state index in [4.69, 9.17) is 4.74 Å². The largest absolute Gasteiger partial charge is 0.387 e. The predicted octanol–water partition coefficient (Wildman–Crippen LogP) is 1.90. The molecule has 5 heteroatoms. The standard InChI is InChI=1S/C15H21FN2O2/c16-11-4-5-12(17-10-11)14(19)6-7-18-8-9-20-15-3-1-2-13(15)18/h4-5,10,13-15,19H,1-3,6-9H2. The summed E-state index contributed by atoms with van der Waals surface area (Å²) >= 11 is 0. The predicted molar refractivity (Wildman–Crippen MR) is 72.7 cm³/mol. The van der Waals surface area contributed by atoms with Crippen LogP contribution in [0.3, 0.4) is 0 Å². The van der Waals surface area contributed by atoms with Gasteiger partial charge < -0.3 is 9.84 Å². The molecule has 1 aliphatic carbocycles. The zero-order valence-corrected chi connectivity index (χ0v) is 11.5. The van der Waals surface area contributed by atoms with Gasteiger partial charge in [0.25, 0.3) is 0 Å². The van der Waals surface area contributed by atoms with Crippen molar-refractivity contribution >= 4 is 0 Å². The lowest BCUT2D eigenvalue weighted by Gasteiger charge is -2.38. The Labute approximate surface area is 118 Å². The second-order valence-corrected chi connectivity index (χ2v) is 5.65. The van der Waals surface area contributed by atoms with E-state index >= 15 is 0 Å². The van der Waals surface area contributed by atoms with E-state index in [1.165, 1.54) is 18.9 Å². The highest BCUT2D eigenvalue weighted by Gasteiger charge is 2.35. The van der Waals surface area contributed by atoms with Crippen LogP contribution in [0.1, 0.15) is 37.5 Å². The summed E-state index contributed by atoms with van der Waals surface area (Å²) in [5, 5.41) is 10.1. The normalized spacial score (nSPS) is 28.3. The van der Waals surface area contributed by atoms with Crippen molar-refractivity contribution in [3.8, 4) is 0 Å². The topological polar surface area (TPSA) is 45.6 Å². The third kappa shape index (κ3) is 3.00. The monoisotopic (exact) mass is 280 g/mol. The third-order valence-electron chi connectivity index (χ3n) is 4.38. The van der Waals surface area contributed by atoms with Gasteiger partial charge in [0.2, 0.25) is 0 Å². The Morgan fingerprint density at radius 3 is 3.15 bits per heavy atom. The van der Waals surface area contributed by atoms with E-state index in [2.05, 4.69) is 9.88 Å². The minimum atomic E-state index is -0.627. The van der Waals surface area contributed by atoms with Gasteiger partial charge in [0, 0.05) is 19.1 Å². The Kier molecular flexibility index (Phi) is 4.29. The summed E-state index contributed by atoms with van der Waals surface area (Å²) in [6.07, 6.45) is 5.11. The molecule has 0 radical (unpaired) electrons. The highest BCUT2D eigenvalue weighted by Crippen LogP contribution is 2.30. The van der Waals surface area contributed by atoms with Gasteiger partial charge >= 0.3 is 0 Å². The molecule has 2 fully saturated rings. The first kappa shape index (κ1) is 13.9. The van der Waals surface area contributed by atoms with Crippen LogP contribution in [0.15, 0.2) is 18.3 Å². The van der Waals surface area contributed by atoms with Crippen molar-refractivity contribution in [2.75, 3.05) is 19.7 Å². The van der Waals surface area contributed by atoms with E-state index in [9.17, 15) is 9.50 Å². The molecule has 3 rings (SSSR count). The second-order valence-electron chi connectivity index (χ2n) is 5.65. The first-order chi connectivity index (χ1) is 9.74. The Morgan fingerprint density at radius 1 is 1.45 bits per heavy atom. The van der Waals surface area contributed by atoms with Gasteiger partial charge in [-0.1, -0.05) is 0 Å². The van der Waals surface area contributed by atoms with Gasteiger partial charge in [-0.05, 0) is 37.8 Å². The zero-order chi connectivity index (χ0) is 13.9. The molecule has 0 bridgehead atoms. The average Bonchev–Trinajstić information content (AvgIpc) is 2.94. The molecule has 2 aliphatic rings. The fraction of sp³-hybridized carbons (Fsp3) is 0.667. The number of ether oxygens (including phenoxy) is 1. The Balaban J connectivity index is 1.54. The second kappa shape index (κ2) is 6.16. The van der Waals surface area contributed by atoms with Crippen molar-refractivity contribution in [2.24, 2.45) is 0 Å². The number of aromatic nitrogens is 1. The minimum Gasteiger partial charge on any atom is -0.387 e. The molecule has 0 amide bonds. The number of hydrogen-bond donors (Lipinski definition) is 1. The molecule has 1 N–H and O–H groups in total. The Morgan fingerprint density at radius 2 is 2.35 bits per heavy atom. The van der Waals surface area contributed by atoms with E-state index in [-0.39, 0.29) is 5.82 Å². The summed E-state index contributed by atoms with van der Waals surface area (Å²) in [5.74, 6) is -0.372. The van der Waals surface area contributed by atoms with Gasteiger partial charge in [0.1, 0.15) is 5.82 Å². The summed E-state index contributed by atoms with van der Waals surface area (Å²) < 4.78 is 18.6. The van der Waals surface area contributed by atoms with Crippen molar-refractivity contribution in [1.29, 1.82) is 0 Å². The molecular weight excluding hydrogens is 259 g/mol. The fourth-order valence-corrected chi connectivity index (χ4v) is 3.30. The number of morpholine rings is 1. The van der Waals surface area contributed by atoms with E-state index in [1.807, 2.05) is 0 Å². The van der Waals surface area contributed by atoms with Crippen LogP contribution >= 0.6 is 0 Å². The summed E-state index contributed by atoms with van der Waals surface area (Å²) in [6, 6.07) is 3.41. The summed E-state index contributed by atoms with van der Waals surface area (Å²) in [5.41, 5.74) is 0.544. The number of aliphatic hydroxyl groups is 1. The highest BCUT2D eigenvalue weighted by molar-refractivity contribution is 5.08. The van der Waals surface area contributed by atoms with Gasteiger partial charge in [0.15, 0.2) is 0 Å². The molecular formula is C15H21FN2O2. The molecule has 1 aromatic rings. The molecule has 2 heterocycles. The summed E-state index contributed by atoms with van der Waals surface area (Å²) in [7, 11) is 0. The number of aliphatic hydroxyl groups excluding tert-OH is 1. The number of pyridine rings is 1. The minimum absolute atomic E-state index is 0.372. The smallest absolute Gasteiger partial charge is 0.141 e. The van der Waals surface area contributed by atoms with Gasteiger partial charge in [-0.25, -0.2) is 4.39 Å². The van der Waals surface area contributed by atoms with Crippen LogP contribution in [0.25, 0.3) is 0 Å². The zero-order valence-electron chi connectivity index (χ0n) is 11.5. The maximum Gasteiger partial charge on any atom is 0.141 e. The van der Waals surface area contributed by atoms with Gasteiger partial charge in [0.05, 0.1) is 30.7 Å². The average molecular weight is 280 g/mol. The molecule has 110 valence electrons. The van der Waals surface area contributed by atoms with E-state index in [0.717, 1.165) is 32.3 Å². The molecule has 4 nitrogen and oxygen atoms in total. The SMILES string of the molecule is OC(CCN1CCOC2CCCC21)c1ccc(F)cn1. The molecule has 0 spiro atoms. The molecule has 1 saturated carbocycles. The fourth-order valence-electron chi connectivity index (χ4n) is 3.30. The van der Waals surface area contributed by atoms with Crippen molar-refractivity contribution in [2.45, 2.75) is 43.9 Å². The van der Waals surface area contributed by atoms with Crippen LogP contribution in [0, 0.1) is 5.82 Å². The van der Waals surface area contributed by atoms with Crippen LogP contribution in [0.5, 0.6) is 0 Å². The van der Waals surface area contributed by atoms with Crippen LogP contribution in [0.2, 0.25) is 0 Å². The maximum absolute atomic E-state index is 12.8. The lowest BCUT2D eigenvalue weighted by Crippen LogP contribution is -2.48. The third-order valence-corrected chi connectivity index (χ3v) is 4.38. The first-order valence-corrected chi connectivity index (χ1v) is 7.39. The van der Waals surface area contributed by atoms with Crippen molar-refractivity contribution < 1.29 is 14.2 Å². The molecule has 20 heavy (non-hydrogen) atoms. The van der Waals surface area contributed by atoms with Crippen LogP contribution in [-0.2, 0) is 4.74 Å².